The van der Waals surface area contributed by atoms with Crippen LogP contribution in [0.2, 0.25) is 0 Å². The maximum absolute atomic E-state index is 14.2. The van der Waals surface area contributed by atoms with E-state index in [0.29, 0.717) is 5.56 Å². The van der Waals surface area contributed by atoms with Crippen molar-refractivity contribution < 1.29 is 94.6 Å². The molecule has 61 heavy (non-hydrogen) atoms. The molecule has 2 aliphatic carbocycles. The number of ether oxygens (including phenoxy) is 5. The first-order valence-electron chi connectivity index (χ1n) is 18.9. The van der Waals surface area contributed by atoms with Crippen molar-refractivity contribution in [3.05, 3.63) is 106 Å². The number of hydrogen-bond donors (Lipinski definition) is 12. The van der Waals surface area contributed by atoms with Crippen LogP contribution in [0.4, 0.5) is 0 Å². The first kappa shape index (κ1) is 40.1. The zero-order chi connectivity index (χ0) is 43.4. The highest BCUT2D eigenvalue weighted by atomic mass is 16.7. The van der Waals surface area contributed by atoms with Crippen molar-refractivity contribution in [1.82, 2.24) is 0 Å². The topological polar surface area (TPSA) is 323 Å². The van der Waals surface area contributed by atoms with E-state index in [1.807, 2.05) is 0 Å². The third kappa shape index (κ3) is 5.92. The molecule has 3 saturated heterocycles. The Bertz CT molecular complexity index is 2460. The molecule has 0 saturated carbocycles. The summed E-state index contributed by atoms with van der Waals surface area (Å²) in [5.41, 5.74) is -1.89. The van der Waals surface area contributed by atoms with Crippen molar-refractivity contribution in [2.45, 2.75) is 73.1 Å². The highest BCUT2D eigenvalue weighted by molar-refractivity contribution is 5.94. The Hall–Kier alpha value is -6.32. The molecule has 19 heteroatoms. The molecule has 4 aromatic carbocycles. The summed E-state index contributed by atoms with van der Waals surface area (Å²) < 4.78 is 30.8. The number of aromatic hydroxyl groups is 7. The highest BCUT2D eigenvalue weighted by Gasteiger charge is 2.80. The molecular weight excluding hydrogens is 808 g/mol. The molecule has 0 bridgehead atoms. The lowest BCUT2D eigenvalue weighted by Gasteiger charge is -2.54. The number of aliphatic hydroxyl groups excluding tert-OH is 4. The van der Waals surface area contributed by atoms with Gasteiger partial charge < -0.3 is 85.0 Å². The summed E-state index contributed by atoms with van der Waals surface area (Å²) >= 11 is 0. The van der Waals surface area contributed by atoms with Gasteiger partial charge in [-0.1, -0.05) is 18.2 Å². The third-order valence-corrected chi connectivity index (χ3v) is 12.3. The van der Waals surface area contributed by atoms with Crippen LogP contribution in [0, 0.1) is 5.41 Å². The number of esters is 1. The molecule has 0 unspecified atom stereocenters. The second-order valence-corrected chi connectivity index (χ2v) is 15.7. The van der Waals surface area contributed by atoms with Gasteiger partial charge in [-0.15, -0.1) is 0 Å². The van der Waals surface area contributed by atoms with Crippen molar-refractivity contribution >= 4 is 11.8 Å². The second kappa shape index (κ2) is 14.1. The molecule has 19 nitrogen and oxygen atoms in total. The number of aliphatic hydroxyl groups is 5. The quantitative estimate of drug-likeness (QED) is 0.0921. The molecule has 5 aliphatic rings. The predicted octanol–water partition coefficient (Wildman–Crippen LogP) is 1.29. The van der Waals surface area contributed by atoms with Crippen LogP contribution in [0.5, 0.6) is 46.0 Å². The number of rotatable bonds is 7. The predicted molar refractivity (Wildman–Crippen MR) is 199 cm³/mol. The van der Waals surface area contributed by atoms with Gasteiger partial charge in [-0.25, -0.2) is 4.79 Å². The van der Waals surface area contributed by atoms with Crippen LogP contribution >= 0.6 is 0 Å². The number of allylic oxidation sites excluding steroid dienone is 1. The van der Waals surface area contributed by atoms with Gasteiger partial charge in [0.25, 0.3) is 0 Å². The van der Waals surface area contributed by atoms with Crippen LogP contribution in [-0.4, -0.2) is 122 Å². The van der Waals surface area contributed by atoms with Gasteiger partial charge in [0, 0.05) is 35.1 Å². The fourth-order valence-electron chi connectivity index (χ4n) is 9.64. The van der Waals surface area contributed by atoms with Gasteiger partial charge >= 0.3 is 5.97 Å². The molecule has 12 N–H and O–H groups in total. The van der Waals surface area contributed by atoms with Crippen LogP contribution in [0.15, 0.2) is 78.6 Å². The number of carbonyl (C=O) groups is 2. The van der Waals surface area contributed by atoms with E-state index >= 15 is 0 Å². The molecule has 0 radical (unpaired) electrons. The van der Waals surface area contributed by atoms with E-state index in [1.54, 1.807) is 0 Å². The SMILES string of the molecule is O=C1C=C2O[C@H](c3ccc(O)c(O)c3)[C@H](OC(=O)c3cc(O)c(O)c(O)c3)[C@H]3c4c(O)cc(O[C@H]5O[C@@H](CO)[C@H](O)[C@@H](O)[C@@H]5O)cc4[C@@H]4[C@H](c5ccc(O)cc5)O[C@@](O)(C1)[C@]234. The minimum absolute atomic E-state index is 0.00223. The highest BCUT2D eigenvalue weighted by Crippen LogP contribution is 2.79. The Morgan fingerprint density at radius 1 is 0.754 bits per heavy atom. The lowest BCUT2D eigenvalue weighted by atomic mass is 9.57. The number of benzene rings is 4. The van der Waals surface area contributed by atoms with E-state index in [-0.39, 0.29) is 33.9 Å². The Morgan fingerprint density at radius 2 is 1.44 bits per heavy atom. The summed E-state index contributed by atoms with van der Waals surface area (Å²) in [5.74, 6) is -12.0. The number of hydrogen-bond acceptors (Lipinski definition) is 19. The summed E-state index contributed by atoms with van der Waals surface area (Å²) in [5, 5.41) is 128. The van der Waals surface area contributed by atoms with Gasteiger partial charge in [0.05, 0.1) is 24.7 Å². The molecule has 3 fully saturated rings. The number of phenolic OH excluding ortho intramolecular Hbond substituents is 7. The van der Waals surface area contributed by atoms with Gasteiger partial charge in [0.1, 0.15) is 52.8 Å². The summed E-state index contributed by atoms with van der Waals surface area (Å²) in [7, 11) is 0. The van der Waals surface area contributed by atoms with Crippen molar-refractivity contribution in [2.24, 2.45) is 5.41 Å². The van der Waals surface area contributed by atoms with Gasteiger partial charge in [-0.3, -0.25) is 4.79 Å². The zero-order valence-corrected chi connectivity index (χ0v) is 31.3. The normalized spacial score (nSPS) is 33.5. The molecular formula is C42H38O19. The summed E-state index contributed by atoms with van der Waals surface area (Å²) in [4.78, 5) is 27.8. The maximum atomic E-state index is 14.2. The van der Waals surface area contributed by atoms with Crippen LogP contribution < -0.4 is 4.74 Å². The zero-order valence-electron chi connectivity index (χ0n) is 31.3. The monoisotopic (exact) mass is 846 g/mol. The molecule has 3 aliphatic heterocycles. The smallest absolute Gasteiger partial charge is 0.338 e. The van der Waals surface area contributed by atoms with Crippen LogP contribution in [-0.2, 0) is 23.7 Å². The first-order valence-corrected chi connectivity index (χ1v) is 18.9. The minimum atomic E-state index is -2.52. The van der Waals surface area contributed by atoms with E-state index in [0.717, 1.165) is 36.4 Å². The third-order valence-electron chi connectivity index (χ3n) is 12.3. The van der Waals surface area contributed by atoms with E-state index in [9.17, 15) is 70.9 Å². The summed E-state index contributed by atoms with van der Waals surface area (Å²) in [6.45, 7) is -0.770. The summed E-state index contributed by atoms with van der Waals surface area (Å²) in [6.07, 6.45) is -12.5. The summed E-state index contributed by atoms with van der Waals surface area (Å²) in [6, 6.07) is 13.4. The Labute approximate surface area is 343 Å². The molecule has 320 valence electrons. The average molecular weight is 847 g/mol. The first-order chi connectivity index (χ1) is 29.0. The molecule has 3 heterocycles. The fourth-order valence-corrected chi connectivity index (χ4v) is 9.64. The van der Waals surface area contributed by atoms with Gasteiger partial charge in [-0.2, -0.15) is 0 Å². The van der Waals surface area contributed by atoms with Crippen molar-refractivity contribution in [2.75, 3.05) is 6.61 Å². The largest absolute Gasteiger partial charge is 0.508 e. The average Bonchev–Trinajstić information content (AvgIpc) is 3.68. The molecule has 12 atom stereocenters. The number of fused-ring (bicyclic) bond motifs is 3. The van der Waals surface area contributed by atoms with Crippen LogP contribution in [0.1, 0.15) is 63.1 Å². The fraction of sp³-hybridized carbons (Fsp3) is 0.333. The number of phenols is 7. The van der Waals surface area contributed by atoms with Crippen molar-refractivity contribution in [3.63, 3.8) is 0 Å². The Morgan fingerprint density at radius 3 is 2.11 bits per heavy atom. The number of carbonyl (C=O) groups excluding carboxylic acids is 2. The Balaban J connectivity index is 1.28. The second-order valence-electron chi connectivity index (χ2n) is 15.7. The van der Waals surface area contributed by atoms with E-state index in [1.165, 1.54) is 36.4 Å². The standard InChI is InChI=1S/C42H38O19/c43-14-27-33(52)34(53)35(54)40(58-27)57-20-11-21-29(24(48)12-20)31-38(60-39(55)17-8-25(49)32(51)26(50)9-17)37(16-3-6-22(46)23(47)7-16)59-28-10-19(45)13-41(56)42(28,31)30(21)36(61-41)15-1-4-18(44)5-2-15/h1-12,27,30-31,33-38,40,43-44,46-54,56H,13-14H2/t27-,30+,31+,33-,34+,35-,36-,37+,38+,40-,41-,42-/m0/s1. The van der Waals surface area contributed by atoms with Crippen LogP contribution in [0.3, 0.4) is 0 Å². The molecule has 0 amide bonds. The molecule has 0 aromatic heterocycles. The Kier molecular flexibility index (Phi) is 9.29. The van der Waals surface area contributed by atoms with Crippen molar-refractivity contribution in [3.8, 4) is 46.0 Å². The number of ketones is 1. The van der Waals surface area contributed by atoms with E-state index in [2.05, 4.69) is 0 Å². The maximum Gasteiger partial charge on any atom is 0.338 e. The van der Waals surface area contributed by atoms with Gasteiger partial charge in [0.15, 0.2) is 52.5 Å². The molecule has 4 aromatic rings. The van der Waals surface area contributed by atoms with Crippen LogP contribution in [0.25, 0.3) is 0 Å². The van der Waals surface area contributed by atoms with E-state index in [4.69, 9.17) is 23.7 Å². The van der Waals surface area contributed by atoms with Crippen molar-refractivity contribution in [1.29, 1.82) is 0 Å². The van der Waals surface area contributed by atoms with E-state index < -0.39 is 137 Å². The molecule has 1 spiro atoms. The lowest BCUT2D eigenvalue weighted by molar-refractivity contribution is -0.277. The van der Waals surface area contributed by atoms with Gasteiger partial charge in [-0.05, 0) is 53.6 Å². The minimum Gasteiger partial charge on any atom is -0.508 e. The van der Waals surface area contributed by atoms with Gasteiger partial charge in [0.2, 0.25) is 6.29 Å². The lowest BCUT2D eigenvalue weighted by Crippen LogP contribution is -2.60. The molecule has 9 rings (SSSR count).